The van der Waals surface area contributed by atoms with Gasteiger partial charge in [0.1, 0.15) is 5.75 Å². The van der Waals surface area contributed by atoms with Gasteiger partial charge in [-0.1, -0.05) is 59.6 Å². The predicted molar refractivity (Wildman–Crippen MR) is 117 cm³/mol. The van der Waals surface area contributed by atoms with Crippen molar-refractivity contribution in [2.75, 3.05) is 11.3 Å². The minimum absolute atomic E-state index is 0.00692. The molecule has 0 radical (unpaired) electrons. The number of hydrogen-bond acceptors (Lipinski definition) is 4. The number of halogens is 1. The quantitative estimate of drug-likeness (QED) is 0.546. The van der Waals surface area contributed by atoms with Crippen LogP contribution in [-0.4, -0.2) is 20.9 Å². The summed E-state index contributed by atoms with van der Waals surface area (Å²) in [5.41, 5.74) is 2.57. The van der Waals surface area contributed by atoms with Crippen LogP contribution in [0.2, 0.25) is 5.02 Å². The van der Waals surface area contributed by atoms with E-state index in [4.69, 9.17) is 16.3 Å². The van der Waals surface area contributed by atoms with E-state index in [1.54, 1.807) is 30.3 Å². The van der Waals surface area contributed by atoms with Crippen LogP contribution < -0.4 is 14.8 Å². The Morgan fingerprint density at radius 1 is 1.00 bits per heavy atom. The zero-order chi connectivity index (χ0) is 21.6. The topological polar surface area (TPSA) is 84.5 Å². The normalized spacial score (nSPS) is 11.0. The lowest BCUT2D eigenvalue weighted by atomic mass is 10.1. The van der Waals surface area contributed by atoms with Crippen LogP contribution in [0.5, 0.6) is 5.75 Å². The van der Waals surface area contributed by atoms with Gasteiger partial charge in [0.05, 0.1) is 9.92 Å². The number of benzene rings is 3. The Labute approximate surface area is 180 Å². The van der Waals surface area contributed by atoms with Crippen LogP contribution in [-0.2, 0) is 21.4 Å². The average Bonchev–Trinajstić information content (AvgIpc) is 2.73. The number of nitrogens with one attached hydrogen (secondary N) is 2. The number of carbonyl (C=O) groups is 1. The smallest absolute Gasteiger partial charge is 0.261 e. The Balaban J connectivity index is 1.57. The highest BCUT2D eigenvalue weighted by molar-refractivity contribution is 7.92. The monoisotopic (exact) mass is 444 g/mol. The van der Waals surface area contributed by atoms with Gasteiger partial charge in [-0.25, -0.2) is 8.42 Å². The summed E-state index contributed by atoms with van der Waals surface area (Å²) in [5.74, 6) is -0.0881. The second-order valence-corrected chi connectivity index (χ2v) is 8.70. The van der Waals surface area contributed by atoms with Gasteiger partial charge in [0.2, 0.25) is 0 Å². The minimum atomic E-state index is -3.80. The summed E-state index contributed by atoms with van der Waals surface area (Å²) >= 11 is 6.16. The van der Waals surface area contributed by atoms with Crippen molar-refractivity contribution in [2.45, 2.75) is 18.4 Å². The van der Waals surface area contributed by atoms with Gasteiger partial charge in [-0.3, -0.25) is 9.52 Å². The Morgan fingerprint density at radius 3 is 2.37 bits per heavy atom. The number of aryl methyl sites for hydroxylation is 1. The van der Waals surface area contributed by atoms with Gasteiger partial charge in [0.15, 0.2) is 6.61 Å². The molecule has 0 spiro atoms. The molecular weight excluding hydrogens is 424 g/mol. The predicted octanol–water partition coefficient (Wildman–Crippen LogP) is 4.14. The molecule has 0 unspecified atom stereocenters. The lowest BCUT2D eigenvalue weighted by Gasteiger charge is -2.11. The third kappa shape index (κ3) is 5.98. The second kappa shape index (κ2) is 9.65. The van der Waals surface area contributed by atoms with Crippen LogP contribution in [0.1, 0.15) is 11.1 Å². The molecule has 0 saturated heterocycles. The summed E-state index contributed by atoms with van der Waals surface area (Å²) in [6.07, 6.45) is 0. The van der Waals surface area contributed by atoms with Gasteiger partial charge >= 0.3 is 0 Å². The van der Waals surface area contributed by atoms with E-state index in [9.17, 15) is 13.2 Å². The van der Waals surface area contributed by atoms with Crippen molar-refractivity contribution in [3.8, 4) is 5.75 Å². The Hall–Kier alpha value is -3.03. The van der Waals surface area contributed by atoms with E-state index in [1.165, 1.54) is 18.2 Å². The number of amides is 1. The highest BCUT2D eigenvalue weighted by atomic mass is 35.5. The van der Waals surface area contributed by atoms with Gasteiger partial charge in [0.25, 0.3) is 15.9 Å². The average molecular weight is 445 g/mol. The molecule has 0 aromatic heterocycles. The highest BCUT2D eigenvalue weighted by Gasteiger charge is 2.17. The fourth-order valence-electron chi connectivity index (χ4n) is 2.59. The summed E-state index contributed by atoms with van der Waals surface area (Å²) in [6, 6.07) is 20.4. The van der Waals surface area contributed by atoms with Gasteiger partial charge < -0.3 is 10.1 Å². The number of rotatable bonds is 8. The molecule has 0 aliphatic rings. The lowest BCUT2D eigenvalue weighted by Crippen LogP contribution is -2.28. The Kier molecular flexibility index (Phi) is 6.97. The molecule has 156 valence electrons. The van der Waals surface area contributed by atoms with Gasteiger partial charge in [-0.2, -0.15) is 0 Å². The molecule has 30 heavy (non-hydrogen) atoms. The fourth-order valence-corrected chi connectivity index (χ4v) is 3.97. The van der Waals surface area contributed by atoms with E-state index in [0.717, 1.165) is 11.1 Å². The first-order valence-electron chi connectivity index (χ1n) is 9.16. The van der Waals surface area contributed by atoms with Crippen molar-refractivity contribution in [2.24, 2.45) is 0 Å². The summed E-state index contributed by atoms with van der Waals surface area (Å²) in [5, 5.41) is 2.85. The lowest BCUT2D eigenvalue weighted by molar-refractivity contribution is -0.123. The molecule has 0 bridgehead atoms. The highest BCUT2D eigenvalue weighted by Crippen LogP contribution is 2.28. The number of anilines is 1. The zero-order valence-electron chi connectivity index (χ0n) is 16.3. The number of sulfonamides is 1. The molecule has 0 aliphatic carbocycles. The summed E-state index contributed by atoms with van der Waals surface area (Å²) < 4.78 is 32.9. The van der Waals surface area contributed by atoms with E-state index in [2.05, 4.69) is 10.0 Å². The number of para-hydroxylation sites is 1. The molecule has 0 aliphatic heterocycles. The first-order valence-corrected chi connectivity index (χ1v) is 11.0. The maximum absolute atomic E-state index is 12.5. The third-order valence-corrected chi connectivity index (χ3v) is 5.88. The van der Waals surface area contributed by atoms with Gasteiger partial charge in [-0.05, 0) is 42.8 Å². The molecule has 2 N–H and O–H groups in total. The van der Waals surface area contributed by atoms with E-state index < -0.39 is 10.0 Å². The van der Waals surface area contributed by atoms with Gasteiger partial charge in [-0.15, -0.1) is 0 Å². The SMILES string of the molecule is Cc1ccc(CNC(=O)COc2ccc(S(=O)(=O)Nc3ccccc3)cc2Cl)cc1. The number of ether oxygens (including phenoxy) is 1. The van der Waals surface area contributed by atoms with Crippen molar-refractivity contribution in [1.82, 2.24) is 5.32 Å². The van der Waals surface area contributed by atoms with E-state index in [0.29, 0.717) is 12.2 Å². The maximum Gasteiger partial charge on any atom is 0.261 e. The van der Waals surface area contributed by atoms with Crippen LogP contribution in [0.3, 0.4) is 0 Å². The van der Waals surface area contributed by atoms with Crippen LogP contribution in [0.15, 0.2) is 77.7 Å². The van der Waals surface area contributed by atoms with Crippen LogP contribution >= 0.6 is 11.6 Å². The zero-order valence-corrected chi connectivity index (χ0v) is 17.8. The van der Waals surface area contributed by atoms with Crippen molar-refractivity contribution in [1.29, 1.82) is 0 Å². The van der Waals surface area contributed by atoms with E-state index >= 15 is 0 Å². The number of hydrogen-bond donors (Lipinski definition) is 2. The van der Waals surface area contributed by atoms with Crippen molar-refractivity contribution in [3.63, 3.8) is 0 Å². The fraction of sp³-hybridized carbons (Fsp3) is 0.136. The summed E-state index contributed by atoms with van der Waals surface area (Å²) in [6.45, 7) is 2.15. The minimum Gasteiger partial charge on any atom is -0.482 e. The van der Waals surface area contributed by atoms with Crippen LogP contribution in [0.25, 0.3) is 0 Å². The molecule has 3 aromatic rings. The summed E-state index contributed by atoms with van der Waals surface area (Å²) in [4.78, 5) is 12.0. The maximum atomic E-state index is 12.5. The molecule has 8 heteroatoms. The third-order valence-electron chi connectivity index (χ3n) is 4.21. The molecule has 3 aromatic carbocycles. The Morgan fingerprint density at radius 2 is 1.70 bits per heavy atom. The Bertz CT molecular complexity index is 1120. The standard InChI is InChI=1S/C22H21ClN2O4S/c1-16-7-9-17(10-8-16)14-24-22(26)15-29-21-12-11-19(13-20(21)23)30(27,28)25-18-5-3-2-4-6-18/h2-13,25H,14-15H2,1H3,(H,24,26). The van der Waals surface area contributed by atoms with E-state index in [-0.39, 0.29) is 28.2 Å². The molecule has 6 nitrogen and oxygen atoms in total. The molecule has 0 fully saturated rings. The van der Waals surface area contributed by atoms with E-state index in [1.807, 2.05) is 31.2 Å². The largest absolute Gasteiger partial charge is 0.482 e. The number of carbonyl (C=O) groups excluding carboxylic acids is 1. The second-order valence-electron chi connectivity index (χ2n) is 6.61. The van der Waals surface area contributed by atoms with Crippen LogP contribution in [0, 0.1) is 6.92 Å². The van der Waals surface area contributed by atoms with Crippen molar-refractivity contribution >= 4 is 33.2 Å². The molecule has 0 heterocycles. The van der Waals surface area contributed by atoms with Gasteiger partial charge in [0, 0.05) is 12.2 Å². The molecular formula is C22H21ClN2O4S. The molecule has 3 rings (SSSR count). The molecule has 0 saturated carbocycles. The summed E-state index contributed by atoms with van der Waals surface area (Å²) in [7, 11) is -3.80. The molecule has 1 amide bonds. The molecule has 0 atom stereocenters. The first-order chi connectivity index (χ1) is 14.3. The van der Waals surface area contributed by atoms with Crippen molar-refractivity contribution in [3.05, 3.63) is 88.9 Å². The van der Waals surface area contributed by atoms with Crippen molar-refractivity contribution < 1.29 is 17.9 Å². The van der Waals surface area contributed by atoms with Crippen LogP contribution in [0.4, 0.5) is 5.69 Å². The first kappa shape index (κ1) is 21.7.